The molecule has 1 saturated heterocycles. The normalized spacial score (nSPS) is 17.5. The highest BCUT2D eigenvalue weighted by Crippen LogP contribution is 2.23. The number of piperidine rings is 1. The van der Waals surface area contributed by atoms with Gasteiger partial charge in [0.25, 0.3) is 10.2 Å². The minimum Gasteiger partial charge on any atom is -0.359 e. The average molecular weight is 336 g/mol. The first-order valence-corrected chi connectivity index (χ1v) is 9.01. The van der Waals surface area contributed by atoms with Crippen LogP contribution >= 0.6 is 0 Å². The number of hydrogen-bond donors (Lipinski definition) is 3. The van der Waals surface area contributed by atoms with Crippen LogP contribution in [0.5, 0.6) is 0 Å². The van der Waals surface area contributed by atoms with Gasteiger partial charge in [-0.25, -0.2) is 5.14 Å². The number of benzene rings is 1. The molecule has 0 atom stereocenters. The molecule has 7 nitrogen and oxygen atoms in total. The predicted octanol–water partition coefficient (Wildman–Crippen LogP) is 1.33. The Morgan fingerprint density at radius 3 is 2.65 bits per heavy atom. The van der Waals surface area contributed by atoms with Gasteiger partial charge in [-0.1, -0.05) is 0 Å². The Hall–Kier alpha value is -1.90. The molecule has 2 heterocycles. The van der Waals surface area contributed by atoms with E-state index in [0.29, 0.717) is 12.8 Å². The Labute approximate surface area is 135 Å². The molecule has 3 rings (SSSR count). The average Bonchev–Trinajstić information content (AvgIpc) is 2.86. The van der Waals surface area contributed by atoms with E-state index in [-0.39, 0.29) is 24.9 Å². The van der Waals surface area contributed by atoms with Crippen LogP contribution in [0.2, 0.25) is 0 Å². The molecule has 0 spiro atoms. The largest absolute Gasteiger partial charge is 0.359 e. The Morgan fingerprint density at radius 1 is 1.30 bits per heavy atom. The van der Waals surface area contributed by atoms with Gasteiger partial charge in [-0.15, -0.1) is 0 Å². The highest BCUT2D eigenvalue weighted by atomic mass is 32.2. The molecule has 0 unspecified atom stereocenters. The van der Waals surface area contributed by atoms with Crippen LogP contribution in [0.4, 0.5) is 5.69 Å². The van der Waals surface area contributed by atoms with Gasteiger partial charge in [-0.2, -0.15) is 12.7 Å². The molecule has 2 aromatic rings. The zero-order valence-electron chi connectivity index (χ0n) is 12.9. The number of nitrogens with zero attached hydrogens (tertiary/aromatic N) is 1. The van der Waals surface area contributed by atoms with Gasteiger partial charge >= 0.3 is 0 Å². The van der Waals surface area contributed by atoms with Gasteiger partial charge in [0.15, 0.2) is 0 Å². The number of aryl methyl sites for hydroxylation is 1. The molecular formula is C15H20N4O3S. The summed E-state index contributed by atoms with van der Waals surface area (Å²) in [5.41, 5.74) is 2.84. The van der Waals surface area contributed by atoms with Crippen molar-refractivity contribution in [2.24, 2.45) is 11.1 Å². The molecule has 4 N–H and O–H groups in total. The molecule has 1 aliphatic heterocycles. The van der Waals surface area contributed by atoms with E-state index in [1.165, 1.54) is 4.31 Å². The molecule has 8 heteroatoms. The molecule has 23 heavy (non-hydrogen) atoms. The number of rotatable bonds is 3. The standard InChI is InChI=1S/C15H20N4O3S/c1-10-8-12-9-13(2-3-14(12)17-10)18-15(20)11-4-6-19(7-5-11)23(16,21)22/h2-3,8-9,11,17H,4-7H2,1H3,(H,18,20)(H2,16,21,22). The SMILES string of the molecule is Cc1cc2cc(NC(=O)C3CCN(S(N)(=O)=O)CC3)ccc2[nH]1. The van der Waals surface area contributed by atoms with Crippen molar-refractivity contribution in [3.63, 3.8) is 0 Å². The van der Waals surface area contributed by atoms with Crippen molar-refractivity contribution in [2.75, 3.05) is 18.4 Å². The molecule has 0 saturated carbocycles. The number of aromatic nitrogens is 1. The second-order valence-corrected chi connectivity index (χ2v) is 7.51. The molecule has 1 aromatic carbocycles. The van der Waals surface area contributed by atoms with Gasteiger partial charge < -0.3 is 10.3 Å². The quantitative estimate of drug-likeness (QED) is 0.786. The van der Waals surface area contributed by atoms with Gasteiger partial charge in [0, 0.05) is 41.3 Å². The number of amides is 1. The Kier molecular flexibility index (Phi) is 4.13. The number of aromatic amines is 1. The van der Waals surface area contributed by atoms with Crippen molar-refractivity contribution in [2.45, 2.75) is 19.8 Å². The summed E-state index contributed by atoms with van der Waals surface area (Å²) in [6.07, 6.45) is 0.960. The van der Waals surface area contributed by atoms with Gasteiger partial charge in [-0.05, 0) is 44.0 Å². The van der Waals surface area contributed by atoms with Crippen LogP contribution in [-0.4, -0.2) is 36.7 Å². The van der Waals surface area contributed by atoms with Gasteiger partial charge in [0.2, 0.25) is 5.91 Å². The lowest BCUT2D eigenvalue weighted by Crippen LogP contribution is -2.44. The van der Waals surface area contributed by atoms with E-state index < -0.39 is 10.2 Å². The maximum absolute atomic E-state index is 12.3. The number of carbonyl (C=O) groups excluding carboxylic acids is 1. The molecule has 0 aliphatic carbocycles. The molecule has 0 radical (unpaired) electrons. The Morgan fingerprint density at radius 2 is 2.00 bits per heavy atom. The number of carbonyl (C=O) groups is 1. The summed E-state index contributed by atoms with van der Waals surface area (Å²) in [6, 6.07) is 7.74. The van der Waals surface area contributed by atoms with E-state index in [9.17, 15) is 13.2 Å². The zero-order valence-corrected chi connectivity index (χ0v) is 13.7. The smallest absolute Gasteiger partial charge is 0.276 e. The minimum absolute atomic E-state index is 0.0781. The number of nitrogens with two attached hydrogens (primary N) is 1. The number of anilines is 1. The Balaban J connectivity index is 1.64. The van der Waals surface area contributed by atoms with Crippen LogP contribution in [0.3, 0.4) is 0 Å². The topological polar surface area (TPSA) is 108 Å². The van der Waals surface area contributed by atoms with E-state index in [1.54, 1.807) is 0 Å². The molecule has 1 aromatic heterocycles. The lowest BCUT2D eigenvalue weighted by atomic mass is 9.97. The second kappa shape index (κ2) is 5.95. The van der Waals surface area contributed by atoms with Crippen molar-refractivity contribution >= 4 is 32.7 Å². The summed E-state index contributed by atoms with van der Waals surface area (Å²) in [4.78, 5) is 15.6. The van der Waals surface area contributed by atoms with Crippen LogP contribution in [-0.2, 0) is 15.0 Å². The molecule has 124 valence electrons. The lowest BCUT2D eigenvalue weighted by Gasteiger charge is -2.29. The summed E-state index contributed by atoms with van der Waals surface area (Å²) in [5.74, 6) is -0.276. The van der Waals surface area contributed by atoms with E-state index in [4.69, 9.17) is 5.14 Å². The van der Waals surface area contributed by atoms with Gasteiger partial charge in [-0.3, -0.25) is 4.79 Å². The zero-order chi connectivity index (χ0) is 16.6. The first-order valence-electron chi connectivity index (χ1n) is 7.51. The van der Waals surface area contributed by atoms with Crippen LogP contribution in [0.1, 0.15) is 18.5 Å². The van der Waals surface area contributed by atoms with Crippen LogP contribution in [0.25, 0.3) is 10.9 Å². The minimum atomic E-state index is -3.66. The summed E-state index contributed by atoms with van der Waals surface area (Å²) in [6.45, 7) is 2.55. The molecule has 0 bridgehead atoms. The maximum atomic E-state index is 12.3. The summed E-state index contributed by atoms with van der Waals surface area (Å²) < 4.78 is 23.8. The van der Waals surface area contributed by atoms with E-state index in [1.807, 2.05) is 31.2 Å². The van der Waals surface area contributed by atoms with Crippen molar-refractivity contribution in [3.8, 4) is 0 Å². The third-order valence-corrected chi connectivity index (χ3v) is 5.29. The summed E-state index contributed by atoms with van der Waals surface area (Å²) in [5, 5.41) is 9.06. The maximum Gasteiger partial charge on any atom is 0.276 e. The summed E-state index contributed by atoms with van der Waals surface area (Å²) >= 11 is 0. The fourth-order valence-electron chi connectivity index (χ4n) is 2.97. The Bertz CT molecular complexity index is 836. The lowest BCUT2D eigenvalue weighted by molar-refractivity contribution is -0.120. The van der Waals surface area contributed by atoms with Crippen molar-refractivity contribution < 1.29 is 13.2 Å². The fourth-order valence-corrected chi connectivity index (χ4v) is 3.69. The third kappa shape index (κ3) is 3.54. The van der Waals surface area contributed by atoms with Crippen molar-refractivity contribution in [1.82, 2.24) is 9.29 Å². The van der Waals surface area contributed by atoms with Crippen molar-refractivity contribution in [1.29, 1.82) is 0 Å². The molecule has 1 aliphatic rings. The number of nitrogens with one attached hydrogen (secondary N) is 2. The first kappa shape index (κ1) is 16.0. The summed E-state index contributed by atoms with van der Waals surface area (Å²) in [7, 11) is -3.66. The van der Waals surface area contributed by atoms with Crippen molar-refractivity contribution in [3.05, 3.63) is 30.0 Å². The van der Waals surface area contributed by atoms with Crippen LogP contribution in [0, 0.1) is 12.8 Å². The monoisotopic (exact) mass is 336 g/mol. The molecule has 1 fully saturated rings. The molecule has 1 amide bonds. The highest BCUT2D eigenvalue weighted by Gasteiger charge is 2.29. The third-order valence-electron chi connectivity index (χ3n) is 4.21. The number of hydrogen-bond acceptors (Lipinski definition) is 3. The van der Waals surface area contributed by atoms with E-state index in [0.717, 1.165) is 22.3 Å². The fraction of sp³-hybridized carbons (Fsp3) is 0.400. The predicted molar refractivity (Wildman–Crippen MR) is 89.1 cm³/mol. The second-order valence-electron chi connectivity index (χ2n) is 5.96. The van der Waals surface area contributed by atoms with Crippen LogP contribution in [0.15, 0.2) is 24.3 Å². The van der Waals surface area contributed by atoms with Crippen LogP contribution < -0.4 is 10.5 Å². The highest BCUT2D eigenvalue weighted by molar-refractivity contribution is 7.86. The number of H-pyrrole nitrogens is 1. The van der Waals surface area contributed by atoms with Gasteiger partial charge in [0.05, 0.1) is 0 Å². The number of fused-ring (bicyclic) bond motifs is 1. The first-order chi connectivity index (χ1) is 10.8. The van der Waals surface area contributed by atoms with E-state index >= 15 is 0 Å². The molecular weight excluding hydrogens is 316 g/mol. The van der Waals surface area contributed by atoms with E-state index in [2.05, 4.69) is 10.3 Å². The van der Waals surface area contributed by atoms with Gasteiger partial charge in [0.1, 0.15) is 0 Å².